The first-order valence-electron chi connectivity index (χ1n) is 9.69. The van der Waals surface area contributed by atoms with Gasteiger partial charge in [0, 0.05) is 23.4 Å². The topological polar surface area (TPSA) is 44.7 Å². The molecule has 0 fully saturated rings. The zero-order valence-electron chi connectivity index (χ0n) is 16.0. The summed E-state index contributed by atoms with van der Waals surface area (Å²) in [5.41, 5.74) is 3.18. The van der Waals surface area contributed by atoms with E-state index < -0.39 is 5.66 Å². The van der Waals surface area contributed by atoms with Crippen LogP contribution in [0.4, 0.5) is 15.8 Å². The highest BCUT2D eigenvalue weighted by Gasteiger charge is 2.44. The summed E-state index contributed by atoms with van der Waals surface area (Å²) in [6.45, 7) is 2.48. The van der Waals surface area contributed by atoms with Gasteiger partial charge in [0.15, 0.2) is 0 Å². The average Bonchev–Trinajstić information content (AvgIpc) is 3.13. The van der Waals surface area contributed by atoms with Gasteiger partial charge in [0.2, 0.25) is 5.66 Å². The standard InChI is InChI=1S/C24H20FN3O/c1-24(28-15-14-16-8-2-7-13-21(16)28)23(29)26-20-12-6-4-10-18(20)22(27-24)17-9-3-5-11-19(17)25/h2-13H,14-15H2,1H3,(H,26,29)/t24-/m0/s1. The molecule has 1 N–H and O–H groups in total. The molecule has 0 aromatic heterocycles. The number of aliphatic imine (C=N–C) groups is 1. The van der Waals surface area contributed by atoms with Gasteiger partial charge in [-0.2, -0.15) is 0 Å². The third-order valence-corrected chi connectivity index (χ3v) is 5.73. The van der Waals surface area contributed by atoms with E-state index in [0.29, 0.717) is 29.1 Å². The second kappa shape index (κ2) is 6.55. The summed E-state index contributed by atoms with van der Waals surface area (Å²) in [6.07, 6.45) is 0.844. The maximum absolute atomic E-state index is 14.8. The third-order valence-electron chi connectivity index (χ3n) is 5.73. The summed E-state index contributed by atoms with van der Waals surface area (Å²) in [5, 5.41) is 3.02. The first-order chi connectivity index (χ1) is 14.1. The maximum Gasteiger partial charge on any atom is 0.272 e. The van der Waals surface area contributed by atoms with Crippen LogP contribution in [0.15, 0.2) is 77.8 Å². The van der Waals surface area contributed by atoms with E-state index in [4.69, 9.17) is 4.99 Å². The molecule has 0 saturated carbocycles. The molecule has 2 aliphatic heterocycles. The molecule has 3 aromatic carbocycles. The van der Waals surface area contributed by atoms with Crippen molar-refractivity contribution in [2.75, 3.05) is 16.8 Å². The number of anilines is 2. The summed E-state index contributed by atoms with van der Waals surface area (Å²) in [4.78, 5) is 20.4. The van der Waals surface area contributed by atoms with Gasteiger partial charge in [-0.25, -0.2) is 9.38 Å². The van der Waals surface area contributed by atoms with Gasteiger partial charge in [0.25, 0.3) is 5.91 Å². The molecule has 1 amide bonds. The number of benzodiazepines with no additional fused rings is 1. The number of fused-ring (bicyclic) bond motifs is 2. The van der Waals surface area contributed by atoms with Gasteiger partial charge in [-0.05, 0) is 43.2 Å². The first kappa shape index (κ1) is 17.6. The second-order valence-electron chi connectivity index (χ2n) is 7.49. The van der Waals surface area contributed by atoms with E-state index in [0.717, 1.165) is 12.1 Å². The molecule has 2 aliphatic rings. The summed E-state index contributed by atoms with van der Waals surface area (Å²) >= 11 is 0. The van der Waals surface area contributed by atoms with Crippen molar-refractivity contribution in [3.63, 3.8) is 0 Å². The Bertz CT molecular complexity index is 1160. The molecule has 0 radical (unpaired) electrons. The van der Waals surface area contributed by atoms with Crippen molar-refractivity contribution in [2.24, 2.45) is 4.99 Å². The van der Waals surface area contributed by atoms with E-state index in [1.807, 2.05) is 47.4 Å². The number of benzene rings is 3. The number of para-hydroxylation sites is 2. The van der Waals surface area contributed by atoms with Gasteiger partial charge in [-0.3, -0.25) is 4.79 Å². The molecular formula is C24H20FN3O. The maximum atomic E-state index is 14.8. The van der Waals surface area contributed by atoms with E-state index in [-0.39, 0.29) is 11.7 Å². The number of rotatable bonds is 2. The summed E-state index contributed by atoms with van der Waals surface area (Å²) in [7, 11) is 0. The minimum absolute atomic E-state index is 0.229. The van der Waals surface area contributed by atoms with Crippen molar-refractivity contribution < 1.29 is 9.18 Å². The van der Waals surface area contributed by atoms with Gasteiger partial charge in [0.1, 0.15) is 5.82 Å². The molecule has 0 unspecified atom stereocenters. The van der Waals surface area contributed by atoms with Crippen LogP contribution >= 0.6 is 0 Å². The van der Waals surface area contributed by atoms with E-state index in [2.05, 4.69) is 11.4 Å². The number of carbonyl (C=O) groups is 1. The number of nitrogens with zero attached hydrogens (tertiary/aromatic N) is 2. The fourth-order valence-electron chi connectivity index (χ4n) is 4.20. The minimum atomic E-state index is -1.21. The number of hydrogen-bond acceptors (Lipinski definition) is 3. The normalized spacial score (nSPS) is 20.4. The molecular weight excluding hydrogens is 365 g/mol. The Morgan fingerprint density at radius 1 is 0.966 bits per heavy atom. The van der Waals surface area contributed by atoms with Crippen LogP contribution in [-0.2, 0) is 11.2 Å². The minimum Gasteiger partial charge on any atom is -0.339 e. The second-order valence-corrected chi connectivity index (χ2v) is 7.49. The Kier molecular flexibility index (Phi) is 3.98. The lowest BCUT2D eigenvalue weighted by Crippen LogP contribution is -2.53. The molecule has 0 bridgehead atoms. The zero-order valence-corrected chi connectivity index (χ0v) is 16.0. The van der Waals surface area contributed by atoms with Gasteiger partial charge < -0.3 is 10.2 Å². The first-order valence-corrected chi connectivity index (χ1v) is 9.69. The van der Waals surface area contributed by atoms with Gasteiger partial charge in [0.05, 0.1) is 11.4 Å². The summed E-state index contributed by atoms with van der Waals surface area (Å²) < 4.78 is 14.8. The SMILES string of the molecule is C[C@@]1(N2CCc3ccccc32)N=C(c2ccccc2F)c2ccccc2NC1=O. The molecule has 1 atom stereocenters. The number of carbonyl (C=O) groups excluding carboxylic acids is 1. The van der Waals surface area contributed by atoms with E-state index in [1.165, 1.54) is 11.6 Å². The Labute approximate surface area is 168 Å². The van der Waals surface area contributed by atoms with Gasteiger partial charge >= 0.3 is 0 Å². The monoisotopic (exact) mass is 385 g/mol. The van der Waals surface area contributed by atoms with Crippen molar-refractivity contribution >= 4 is 23.0 Å². The number of nitrogens with one attached hydrogen (secondary N) is 1. The van der Waals surface area contributed by atoms with Crippen LogP contribution in [0.1, 0.15) is 23.6 Å². The molecule has 144 valence electrons. The van der Waals surface area contributed by atoms with Crippen LogP contribution in [-0.4, -0.2) is 23.8 Å². The molecule has 0 aliphatic carbocycles. The summed E-state index contributed by atoms with van der Waals surface area (Å²) in [6, 6.07) is 22.0. The smallest absolute Gasteiger partial charge is 0.272 e. The zero-order chi connectivity index (χ0) is 20.0. The predicted molar refractivity (Wildman–Crippen MR) is 113 cm³/mol. The Morgan fingerprint density at radius 2 is 1.66 bits per heavy atom. The van der Waals surface area contributed by atoms with Crippen LogP contribution in [0, 0.1) is 5.82 Å². The quantitative estimate of drug-likeness (QED) is 0.711. The third kappa shape index (κ3) is 2.73. The van der Waals surface area contributed by atoms with E-state index in [9.17, 15) is 9.18 Å². The van der Waals surface area contributed by atoms with Crippen molar-refractivity contribution in [3.05, 3.63) is 95.3 Å². The van der Waals surface area contributed by atoms with Gasteiger partial charge in [-0.15, -0.1) is 0 Å². The highest BCUT2D eigenvalue weighted by Crippen LogP contribution is 2.38. The van der Waals surface area contributed by atoms with Crippen LogP contribution in [0.25, 0.3) is 0 Å². The van der Waals surface area contributed by atoms with Crippen LogP contribution < -0.4 is 10.2 Å². The molecule has 3 aromatic rings. The molecule has 29 heavy (non-hydrogen) atoms. The number of hydrogen-bond donors (Lipinski definition) is 1. The van der Waals surface area contributed by atoms with Crippen molar-refractivity contribution in [3.8, 4) is 0 Å². The highest BCUT2D eigenvalue weighted by atomic mass is 19.1. The van der Waals surface area contributed by atoms with Crippen LogP contribution in [0.5, 0.6) is 0 Å². The Hall–Kier alpha value is -3.47. The van der Waals surface area contributed by atoms with Crippen LogP contribution in [0.2, 0.25) is 0 Å². The Morgan fingerprint density at radius 3 is 2.48 bits per heavy atom. The fraction of sp³-hybridized carbons (Fsp3) is 0.167. The summed E-state index contributed by atoms with van der Waals surface area (Å²) in [5.74, 6) is -0.590. The van der Waals surface area contributed by atoms with E-state index in [1.54, 1.807) is 25.1 Å². The molecule has 0 saturated heterocycles. The van der Waals surface area contributed by atoms with Crippen molar-refractivity contribution in [1.29, 1.82) is 0 Å². The Balaban J connectivity index is 1.74. The van der Waals surface area contributed by atoms with Gasteiger partial charge in [-0.1, -0.05) is 48.5 Å². The van der Waals surface area contributed by atoms with Crippen molar-refractivity contribution in [2.45, 2.75) is 19.0 Å². The predicted octanol–water partition coefficient (Wildman–Crippen LogP) is 4.39. The average molecular weight is 385 g/mol. The lowest BCUT2D eigenvalue weighted by molar-refractivity contribution is -0.120. The molecule has 5 heteroatoms. The lowest BCUT2D eigenvalue weighted by atomic mass is 10.00. The number of amides is 1. The molecule has 5 rings (SSSR count). The lowest BCUT2D eigenvalue weighted by Gasteiger charge is -2.35. The molecule has 2 heterocycles. The largest absolute Gasteiger partial charge is 0.339 e. The van der Waals surface area contributed by atoms with Crippen molar-refractivity contribution in [1.82, 2.24) is 0 Å². The number of halogens is 1. The van der Waals surface area contributed by atoms with E-state index >= 15 is 0 Å². The molecule has 4 nitrogen and oxygen atoms in total. The van der Waals surface area contributed by atoms with Crippen LogP contribution in [0.3, 0.4) is 0 Å². The fourth-order valence-corrected chi connectivity index (χ4v) is 4.20. The molecule has 0 spiro atoms. The highest BCUT2D eigenvalue weighted by molar-refractivity contribution is 6.20.